The minimum atomic E-state index is -0.486. The Hall–Kier alpha value is -1.07. The molecule has 0 saturated carbocycles. The van der Waals surface area contributed by atoms with Crippen molar-refractivity contribution in [1.82, 2.24) is 15.0 Å². The molecule has 0 spiro atoms. The average Bonchev–Trinajstić information content (AvgIpc) is 2.16. The molecule has 0 atom stereocenters. The van der Waals surface area contributed by atoms with Gasteiger partial charge in [0.2, 0.25) is 6.29 Å². The molecule has 0 bridgehead atoms. The van der Waals surface area contributed by atoms with Gasteiger partial charge < -0.3 is 9.47 Å². The summed E-state index contributed by atoms with van der Waals surface area (Å²) < 4.78 is 10.8. The van der Waals surface area contributed by atoms with Crippen LogP contribution in [0.5, 0.6) is 0 Å². The van der Waals surface area contributed by atoms with Crippen LogP contribution < -0.4 is 0 Å². The first-order valence-electron chi connectivity index (χ1n) is 5.09. The Morgan fingerprint density at radius 3 is 1.80 bits per heavy atom. The van der Waals surface area contributed by atoms with Crippen LogP contribution in [0.4, 0.5) is 0 Å². The summed E-state index contributed by atoms with van der Waals surface area (Å²) in [6, 6.07) is 0. The van der Waals surface area contributed by atoms with Crippen molar-refractivity contribution in [2.75, 3.05) is 13.2 Å². The monoisotopic (exact) mass is 211 g/mol. The van der Waals surface area contributed by atoms with Crippen LogP contribution in [0.2, 0.25) is 0 Å². The highest BCUT2D eigenvalue weighted by Gasteiger charge is 2.15. The van der Waals surface area contributed by atoms with E-state index in [9.17, 15) is 0 Å². The molecule has 1 aromatic rings. The van der Waals surface area contributed by atoms with Gasteiger partial charge in [0, 0.05) is 13.2 Å². The molecule has 15 heavy (non-hydrogen) atoms. The van der Waals surface area contributed by atoms with Crippen LogP contribution in [-0.4, -0.2) is 28.2 Å². The molecule has 1 aromatic heterocycles. The highest BCUT2D eigenvalue weighted by atomic mass is 16.7. The maximum Gasteiger partial charge on any atom is 0.219 e. The van der Waals surface area contributed by atoms with Crippen molar-refractivity contribution < 1.29 is 9.47 Å². The number of aryl methyl sites for hydroxylation is 2. The van der Waals surface area contributed by atoms with E-state index in [4.69, 9.17) is 9.47 Å². The summed E-state index contributed by atoms with van der Waals surface area (Å²) in [7, 11) is 0. The van der Waals surface area contributed by atoms with E-state index in [0.717, 1.165) is 0 Å². The molecular formula is C10H17N3O2. The molecule has 1 rings (SSSR count). The molecule has 84 valence electrons. The molecule has 0 aliphatic rings. The van der Waals surface area contributed by atoms with Crippen LogP contribution >= 0.6 is 0 Å². The summed E-state index contributed by atoms with van der Waals surface area (Å²) in [6.07, 6.45) is -0.486. The molecule has 0 radical (unpaired) electrons. The van der Waals surface area contributed by atoms with Gasteiger partial charge in [0.1, 0.15) is 11.6 Å². The van der Waals surface area contributed by atoms with E-state index in [1.807, 2.05) is 27.7 Å². The summed E-state index contributed by atoms with van der Waals surface area (Å²) in [6.45, 7) is 8.60. The summed E-state index contributed by atoms with van der Waals surface area (Å²) in [5, 5.41) is 0. The zero-order valence-corrected chi connectivity index (χ0v) is 9.65. The van der Waals surface area contributed by atoms with Gasteiger partial charge in [0.25, 0.3) is 0 Å². The van der Waals surface area contributed by atoms with Gasteiger partial charge in [-0.2, -0.15) is 0 Å². The third-order valence-corrected chi connectivity index (χ3v) is 1.72. The molecule has 0 amide bonds. The lowest BCUT2D eigenvalue weighted by Crippen LogP contribution is -2.14. The third kappa shape index (κ3) is 3.53. The van der Waals surface area contributed by atoms with Gasteiger partial charge in [-0.15, -0.1) is 0 Å². The van der Waals surface area contributed by atoms with Gasteiger partial charge in [-0.05, 0) is 27.7 Å². The highest BCUT2D eigenvalue weighted by molar-refractivity contribution is 4.95. The van der Waals surface area contributed by atoms with Crippen LogP contribution in [-0.2, 0) is 9.47 Å². The lowest BCUT2D eigenvalue weighted by Gasteiger charge is -2.15. The lowest BCUT2D eigenvalue weighted by atomic mass is 10.5. The predicted octanol–water partition coefficient (Wildman–Crippen LogP) is 1.56. The molecule has 0 N–H and O–H groups in total. The Kier molecular flexibility index (Phi) is 4.58. The Labute approximate surface area is 89.9 Å². The van der Waals surface area contributed by atoms with Gasteiger partial charge in [-0.3, -0.25) is 0 Å². The van der Waals surface area contributed by atoms with E-state index < -0.39 is 6.29 Å². The number of nitrogens with zero attached hydrogens (tertiary/aromatic N) is 3. The van der Waals surface area contributed by atoms with Crippen molar-refractivity contribution in [2.24, 2.45) is 0 Å². The minimum Gasteiger partial charge on any atom is -0.346 e. The number of ether oxygens (including phenoxy) is 2. The molecule has 0 aliphatic heterocycles. The Bertz CT molecular complexity index is 291. The smallest absolute Gasteiger partial charge is 0.219 e. The lowest BCUT2D eigenvalue weighted by molar-refractivity contribution is -0.145. The zero-order valence-electron chi connectivity index (χ0n) is 9.65. The van der Waals surface area contributed by atoms with Crippen LogP contribution in [0.1, 0.15) is 37.6 Å². The minimum absolute atomic E-state index is 0.486. The quantitative estimate of drug-likeness (QED) is 0.692. The fourth-order valence-corrected chi connectivity index (χ4v) is 1.25. The van der Waals surface area contributed by atoms with Gasteiger partial charge in [-0.1, -0.05) is 0 Å². The van der Waals surface area contributed by atoms with Gasteiger partial charge in [0.15, 0.2) is 5.82 Å². The highest BCUT2D eigenvalue weighted by Crippen LogP contribution is 2.14. The van der Waals surface area contributed by atoms with Gasteiger partial charge >= 0.3 is 0 Å². The van der Waals surface area contributed by atoms with E-state index in [1.165, 1.54) is 0 Å². The van der Waals surface area contributed by atoms with E-state index in [-0.39, 0.29) is 0 Å². The Morgan fingerprint density at radius 2 is 1.40 bits per heavy atom. The standard InChI is InChI=1S/C10H17N3O2/c1-5-14-10(15-6-2)9-12-7(3)11-8(4)13-9/h10H,5-6H2,1-4H3. The molecule has 1 heterocycles. The predicted molar refractivity (Wildman–Crippen MR) is 55.3 cm³/mol. The summed E-state index contributed by atoms with van der Waals surface area (Å²) in [5.41, 5.74) is 0. The normalized spacial score (nSPS) is 11.0. The van der Waals surface area contributed by atoms with Crippen molar-refractivity contribution in [2.45, 2.75) is 34.0 Å². The second kappa shape index (κ2) is 5.72. The number of aromatic nitrogens is 3. The maximum atomic E-state index is 5.40. The first-order valence-corrected chi connectivity index (χ1v) is 5.09. The average molecular weight is 211 g/mol. The number of hydrogen-bond acceptors (Lipinski definition) is 5. The second-order valence-electron chi connectivity index (χ2n) is 3.03. The molecule has 0 saturated heterocycles. The van der Waals surface area contributed by atoms with Crippen molar-refractivity contribution in [1.29, 1.82) is 0 Å². The number of hydrogen-bond donors (Lipinski definition) is 0. The SMILES string of the molecule is CCOC(OCC)c1nc(C)nc(C)n1. The van der Waals surface area contributed by atoms with Crippen LogP contribution in [0, 0.1) is 13.8 Å². The fourth-order valence-electron chi connectivity index (χ4n) is 1.25. The first kappa shape index (κ1) is 12.0. The maximum absolute atomic E-state index is 5.40. The third-order valence-electron chi connectivity index (χ3n) is 1.72. The summed E-state index contributed by atoms with van der Waals surface area (Å²) >= 11 is 0. The largest absolute Gasteiger partial charge is 0.346 e. The number of rotatable bonds is 5. The van der Waals surface area contributed by atoms with Crippen LogP contribution in [0.25, 0.3) is 0 Å². The first-order chi connectivity index (χ1) is 7.17. The van der Waals surface area contributed by atoms with E-state index in [2.05, 4.69) is 15.0 Å². The van der Waals surface area contributed by atoms with Crippen molar-refractivity contribution >= 4 is 0 Å². The van der Waals surface area contributed by atoms with Gasteiger partial charge in [-0.25, -0.2) is 15.0 Å². The second-order valence-corrected chi connectivity index (χ2v) is 3.03. The molecule has 0 fully saturated rings. The molecule has 5 heteroatoms. The van der Waals surface area contributed by atoms with Crippen LogP contribution in [0.15, 0.2) is 0 Å². The summed E-state index contributed by atoms with van der Waals surface area (Å²) in [4.78, 5) is 12.5. The Morgan fingerprint density at radius 1 is 0.933 bits per heavy atom. The van der Waals surface area contributed by atoms with E-state index in [0.29, 0.717) is 30.7 Å². The molecule has 0 aliphatic carbocycles. The van der Waals surface area contributed by atoms with Crippen molar-refractivity contribution in [3.05, 3.63) is 17.5 Å². The zero-order chi connectivity index (χ0) is 11.3. The van der Waals surface area contributed by atoms with Crippen molar-refractivity contribution in [3.63, 3.8) is 0 Å². The molecular weight excluding hydrogens is 194 g/mol. The van der Waals surface area contributed by atoms with E-state index in [1.54, 1.807) is 0 Å². The fraction of sp³-hybridized carbons (Fsp3) is 0.700. The molecule has 5 nitrogen and oxygen atoms in total. The molecule has 0 aromatic carbocycles. The summed E-state index contributed by atoms with van der Waals surface area (Å²) in [5.74, 6) is 1.91. The Balaban J connectivity index is 2.88. The van der Waals surface area contributed by atoms with Crippen molar-refractivity contribution in [3.8, 4) is 0 Å². The topological polar surface area (TPSA) is 57.1 Å². The van der Waals surface area contributed by atoms with Crippen LogP contribution in [0.3, 0.4) is 0 Å². The molecule has 0 unspecified atom stereocenters. The van der Waals surface area contributed by atoms with E-state index >= 15 is 0 Å². The van der Waals surface area contributed by atoms with Gasteiger partial charge in [0.05, 0.1) is 0 Å².